The van der Waals surface area contributed by atoms with Gasteiger partial charge in [0, 0.05) is 19.7 Å². The van der Waals surface area contributed by atoms with Crippen molar-refractivity contribution < 1.29 is 14.6 Å². The van der Waals surface area contributed by atoms with E-state index in [1.54, 1.807) is 0 Å². The van der Waals surface area contributed by atoms with Gasteiger partial charge in [0.05, 0.1) is 0 Å². The molecule has 104 valence electrons. The van der Waals surface area contributed by atoms with Crippen LogP contribution >= 0.6 is 0 Å². The SMILES string of the molecule is CC(C)(C)OC(=O)N1CCC(CO)C(C2CC2)C1. The van der Waals surface area contributed by atoms with Crippen LogP contribution in [-0.4, -0.2) is 41.4 Å². The van der Waals surface area contributed by atoms with Gasteiger partial charge in [-0.2, -0.15) is 0 Å². The summed E-state index contributed by atoms with van der Waals surface area (Å²) in [7, 11) is 0. The number of carbonyl (C=O) groups is 1. The fourth-order valence-corrected chi connectivity index (χ4v) is 2.81. The number of aliphatic hydroxyl groups excluding tert-OH is 1. The summed E-state index contributed by atoms with van der Waals surface area (Å²) in [6.07, 6.45) is 3.20. The average Bonchev–Trinajstić information content (AvgIpc) is 3.09. The van der Waals surface area contributed by atoms with Gasteiger partial charge in [-0.05, 0) is 57.8 Å². The van der Waals surface area contributed by atoms with Crippen LogP contribution in [0.15, 0.2) is 0 Å². The second-order valence-corrected chi connectivity index (χ2v) is 6.66. The fraction of sp³-hybridized carbons (Fsp3) is 0.929. The summed E-state index contributed by atoms with van der Waals surface area (Å²) in [5, 5.41) is 9.41. The summed E-state index contributed by atoms with van der Waals surface area (Å²) in [6, 6.07) is 0. The largest absolute Gasteiger partial charge is 0.444 e. The standard InChI is InChI=1S/C14H25NO3/c1-14(2,3)18-13(17)15-7-6-11(9-16)12(8-15)10-4-5-10/h10-12,16H,4-9H2,1-3H3. The maximum absolute atomic E-state index is 12.0. The Morgan fingerprint density at radius 1 is 1.33 bits per heavy atom. The van der Waals surface area contributed by atoms with Crippen LogP contribution in [0.1, 0.15) is 40.0 Å². The number of piperidine rings is 1. The molecule has 2 unspecified atom stereocenters. The minimum Gasteiger partial charge on any atom is -0.444 e. The van der Waals surface area contributed by atoms with E-state index in [1.165, 1.54) is 12.8 Å². The molecule has 2 fully saturated rings. The number of ether oxygens (including phenoxy) is 1. The predicted octanol–water partition coefficient (Wildman–Crippen LogP) is 2.26. The number of hydrogen-bond acceptors (Lipinski definition) is 3. The van der Waals surface area contributed by atoms with Crippen molar-refractivity contribution in [1.29, 1.82) is 0 Å². The molecule has 4 nitrogen and oxygen atoms in total. The maximum atomic E-state index is 12.0. The van der Waals surface area contributed by atoms with Gasteiger partial charge in [0.1, 0.15) is 5.60 Å². The van der Waals surface area contributed by atoms with Gasteiger partial charge in [-0.15, -0.1) is 0 Å². The number of rotatable bonds is 2. The third-order valence-corrected chi connectivity index (χ3v) is 3.92. The highest BCUT2D eigenvalue weighted by molar-refractivity contribution is 5.68. The lowest BCUT2D eigenvalue weighted by Gasteiger charge is -2.38. The molecular formula is C14H25NO3. The van der Waals surface area contributed by atoms with Crippen molar-refractivity contribution in [1.82, 2.24) is 4.90 Å². The first kappa shape index (κ1) is 13.7. The van der Waals surface area contributed by atoms with E-state index >= 15 is 0 Å². The molecule has 2 aliphatic rings. The Bertz CT molecular complexity index is 307. The number of aliphatic hydroxyl groups is 1. The van der Waals surface area contributed by atoms with Gasteiger partial charge >= 0.3 is 6.09 Å². The molecule has 1 saturated carbocycles. The van der Waals surface area contributed by atoms with Gasteiger partial charge < -0.3 is 14.7 Å². The molecule has 1 saturated heterocycles. The molecule has 1 amide bonds. The molecule has 0 bridgehead atoms. The first-order valence-corrected chi connectivity index (χ1v) is 6.99. The van der Waals surface area contributed by atoms with Crippen molar-refractivity contribution in [2.75, 3.05) is 19.7 Å². The molecule has 0 aromatic heterocycles. The maximum Gasteiger partial charge on any atom is 0.410 e. The van der Waals surface area contributed by atoms with E-state index in [2.05, 4.69) is 0 Å². The van der Waals surface area contributed by atoms with E-state index in [4.69, 9.17) is 4.74 Å². The quantitative estimate of drug-likeness (QED) is 0.823. The van der Waals surface area contributed by atoms with Gasteiger partial charge in [-0.1, -0.05) is 0 Å². The molecular weight excluding hydrogens is 230 g/mol. The fourth-order valence-electron chi connectivity index (χ4n) is 2.81. The van der Waals surface area contributed by atoms with Crippen molar-refractivity contribution in [3.8, 4) is 0 Å². The van der Waals surface area contributed by atoms with Gasteiger partial charge in [0.2, 0.25) is 0 Å². The lowest BCUT2D eigenvalue weighted by Crippen LogP contribution is -2.47. The highest BCUT2D eigenvalue weighted by atomic mass is 16.6. The summed E-state index contributed by atoms with van der Waals surface area (Å²) in [5.74, 6) is 1.56. The molecule has 1 aliphatic heterocycles. The van der Waals surface area contributed by atoms with Crippen LogP contribution in [0.3, 0.4) is 0 Å². The molecule has 2 rings (SSSR count). The molecule has 4 heteroatoms. The number of nitrogens with zero attached hydrogens (tertiary/aromatic N) is 1. The topological polar surface area (TPSA) is 49.8 Å². The van der Waals surface area contributed by atoms with Crippen LogP contribution in [0, 0.1) is 17.8 Å². The molecule has 1 aliphatic carbocycles. The van der Waals surface area contributed by atoms with E-state index in [9.17, 15) is 9.90 Å². The summed E-state index contributed by atoms with van der Waals surface area (Å²) in [6.45, 7) is 7.40. The molecule has 0 spiro atoms. The molecule has 0 aromatic rings. The number of likely N-dealkylation sites (tertiary alicyclic amines) is 1. The minimum atomic E-state index is -0.431. The normalized spacial score (nSPS) is 29.2. The van der Waals surface area contributed by atoms with E-state index < -0.39 is 5.60 Å². The Morgan fingerprint density at radius 2 is 2.00 bits per heavy atom. The van der Waals surface area contributed by atoms with Crippen LogP contribution < -0.4 is 0 Å². The van der Waals surface area contributed by atoms with Crippen LogP contribution in [0.5, 0.6) is 0 Å². The minimum absolute atomic E-state index is 0.204. The summed E-state index contributed by atoms with van der Waals surface area (Å²) in [4.78, 5) is 13.9. The monoisotopic (exact) mass is 255 g/mol. The van der Waals surface area contributed by atoms with Gasteiger partial charge in [0.15, 0.2) is 0 Å². The zero-order valence-electron chi connectivity index (χ0n) is 11.7. The molecule has 2 atom stereocenters. The van der Waals surface area contributed by atoms with Gasteiger partial charge in [0.25, 0.3) is 0 Å². The number of amides is 1. The van der Waals surface area contributed by atoms with Crippen molar-refractivity contribution in [2.45, 2.75) is 45.6 Å². The smallest absolute Gasteiger partial charge is 0.410 e. The second-order valence-electron chi connectivity index (χ2n) is 6.66. The zero-order valence-corrected chi connectivity index (χ0v) is 11.7. The van der Waals surface area contributed by atoms with E-state index in [1.807, 2.05) is 25.7 Å². The highest BCUT2D eigenvalue weighted by Gasteiger charge is 2.41. The Balaban J connectivity index is 1.93. The third-order valence-electron chi connectivity index (χ3n) is 3.92. The first-order valence-electron chi connectivity index (χ1n) is 6.99. The van der Waals surface area contributed by atoms with Crippen LogP contribution in [0.4, 0.5) is 4.79 Å². The van der Waals surface area contributed by atoms with E-state index in [0.717, 1.165) is 13.0 Å². The summed E-state index contributed by atoms with van der Waals surface area (Å²) in [5.41, 5.74) is -0.431. The number of carbonyl (C=O) groups excluding carboxylic acids is 1. The summed E-state index contributed by atoms with van der Waals surface area (Å²) < 4.78 is 5.42. The zero-order chi connectivity index (χ0) is 13.3. The highest BCUT2D eigenvalue weighted by Crippen LogP contribution is 2.43. The lowest BCUT2D eigenvalue weighted by molar-refractivity contribution is 0.00213. The lowest BCUT2D eigenvalue weighted by atomic mass is 9.83. The first-order chi connectivity index (χ1) is 8.40. The summed E-state index contributed by atoms with van der Waals surface area (Å²) >= 11 is 0. The van der Waals surface area contributed by atoms with Crippen LogP contribution in [0.2, 0.25) is 0 Å². The Kier molecular flexibility index (Phi) is 3.85. The molecule has 18 heavy (non-hydrogen) atoms. The Hall–Kier alpha value is -0.770. The number of hydrogen-bond donors (Lipinski definition) is 1. The average molecular weight is 255 g/mol. The van der Waals surface area contributed by atoms with Crippen LogP contribution in [0.25, 0.3) is 0 Å². The van der Waals surface area contributed by atoms with Crippen molar-refractivity contribution in [3.05, 3.63) is 0 Å². The van der Waals surface area contributed by atoms with Crippen LogP contribution in [-0.2, 0) is 4.74 Å². The van der Waals surface area contributed by atoms with Gasteiger partial charge in [-0.25, -0.2) is 4.79 Å². The van der Waals surface area contributed by atoms with Crippen molar-refractivity contribution in [2.24, 2.45) is 17.8 Å². The Morgan fingerprint density at radius 3 is 2.50 bits per heavy atom. The molecule has 1 heterocycles. The molecule has 1 N–H and O–H groups in total. The third kappa shape index (κ3) is 3.37. The second kappa shape index (κ2) is 5.08. The van der Waals surface area contributed by atoms with E-state index in [-0.39, 0.29) is 12.7 Å². The molecule has 0 aromatic carbocycles. The van der Waals surface area contributed by atoms with E-state index in [0.29, 0.717) is 24.3 Å². The Labute approximate surface area is 109 Å². The van der Waals surface area contributed by atoms with Crippen molar-refractivity contribution in [3.63, 3.8) is 0 Å². The van der Waals surface area contributed by atoms with Gasteiger partial charge in [-0.3, -0.25) is 0 Å². The molecule has 0 radical (unpaired) electrons. The van der Waals surface area contributed by atoms with Crippen molar-refractivity contribution >= 4 is 6.09 Å². The predicted molar refractivity (Wildman–Crippen MR) is 69.2 cm³/mol.